The molecule has 0 saturated carbocycles. The summed E-state index contributed by atoms with van der Waals surface area (Å²) in [6, 6.07) is 0. The SMILES string of the molecule is CCN(C)C(=O)C1CNCCS1. The van der Waals surface area contributed by atoms with Gasteiger partial charge in [-0.05, 0) is 6.92 Å². The lowest BCUT2D eigenvalue weighted by Gasteiger charge is -2.25. The van der Waals surface area contributed by atoms with Crippen LogP contribution in [0.2, 0.25) is 0 Å². The molecule has 1 rings (SSSR count). The molecule has 4 heteroatoms. The van der Waals surface area contributed by atoms with Gasteiger partial charge in [0.15, 0.2) is 0 Å². The van der Waals surface area contributed by atoms with Crippen LogP contribution in [-0.4, -0.2) is 48.5 Å². The molecule has 1 amide bonds. The van der Waals surface area contributed by atoms with Gasteiger partial charge in [-0.3, -0.25) is 4.79 Å². The molecule has 1 saturated heterocycles. The minimum atomic E-state index is 0.142. The van der Waals surface area contributed by atoms with Gasteiger partial charge in [-0.25, -0.2) is 0 Å². The maximum Gasteiger partial charge on any atom is 0.236 e. The Hall–Kier alpha value is -0.220. The number of rotatable bonds is 2. The fraction of sp³-hybridized carbons (Fsp3) is 0.875. The Bertz CT molecular complexity index is 157. The summed E-state index contributed by atoms with van der Waals surface area (Å²) in [4.78, 5) is 13.4. The number of nitrogens with zero attached hydrogens (tertiary/aromatic N) is 1. The molecular weight excluding hydrogens is 172 g/mol. The van der Waals surface area contributed by atoms with E-state index in [0.29, 0.717) is 0 Å². The molecule has 0 aromatic carbocycles. The fourth-order valence-electron chi connectivity index (χ4n) is 1.13. The Balaban J connectivity index is 2.39. The number of carbonyl (C=O) groups excluding carboxylic acids is 1. The first-order valence-electron chi connectivity index (χ1n) is 4.33. The van der Waals surface area contributed by atoms with Crippen LogP contribution in [0.5, 0.6) is 0 Å². The summed E-state index contributed by atoms with van der Waals surface area (Å²) in [5.41, 5.74) is 0. The Morgan fingerprint density at radius 3 is 3.00 bits per heavy atom. The number of hydrogen-bond acceptors (Lipinski definition) is 3. The first kappa shape index (κ1) is 9.86. The van der Waals surface area contributed by atoms with Crippen molar-refractivity contribution in [1.29, 1.82) is 0 Å². The van der Waals surface area contributed by atoms with E-state index in [9.17, 15) is 4.79 Å². The molecule has 0 bridgehead atoms. The van der Waals surface area contributed by atoms with Crippen LogP contribution >= 0.6 is 11.8 Å². The lowest BCUT2D eigenvalue weighted by molar-refractivity contribution is -0.129. The minimum absolute atomic E-state index is 0.142. The predicted molar refractivity (Wildman–Crippen MR) is 52.4 cm³/mol. The normalized spacial score (nSPS) is 23.7. The van der Waals surface area contributed by atoms with Crippen molar-refractivity contribution in [2.45, 2.75) is 12.2 Å². The number of nitrogens with one attached hydrogen (secondary N) is 1. The molecule has 0 aliphatic carbocycles. The maximum atomic E-state index is 11.6. The van der Waals surface area contributed by atoms with E-state index < -0.39 is 0 Å². The summed E-state index contributed by atoms with van der Waals surface area (Å²) >= 11 is 1.76. The van der Waals surface area contributed by atoms with Crippen molar-refractivity contribution in [3.8, 4) is 0 Å². The van der Waals surface area contributed by atoms with Gasteiger partial charge >= 0.3 is 0 Å². The Morgan fingerprint density at radius 2 is 2.50 bits per heavy atom. The number of thioether (sulfide) groups is 1. The third-order valence-corrected chi connectivity index (χ3v) is 3.26. The third-order valence-electron chi connectivity index (χ3n) is 2.05. The molecule has 0 spiro atoms. The van der Waals surface area contributed by atoms with Crippen LogP contribution < -0.4 is 5.32 Å². The van der Waals surface area contributed by atoms with Crippen molar-refractivity contribution in [2.75, 3.05) is 32.4 Å². The molecule has 1 atom stereocenters. The zero-order valence-electron chi connectivity index (χ0n) is 7.67. The van der Waals surface area contributed by atoms with Crippen molar-refractivity contribution in [2.24, 2.45) is 0 Å². The zero-order chi connectivity index (χ0) is 8.97. The van der Waals surface area contributed by atoms with E-state index in [4.69, 9.17) is 0 Å². The standard InChI is InChI=1S/C8H16N2OS/c1-3-10(2)8(11)7-6-9-4-5-12-7/h7,9H,3-6H2,1-2H3. The molecule has 1 aliphatic heterocycles. The van der Waals surface area contributed by atoms with Crippen LogP contribution in [0.25, 0.3) is 0 Å². The van der Waals surface area contributed by atoms with Crippen LogP contribution in [0.1, 0.15) is 6.92 Å². The molecule has 1 fully saturated rings. The highest BCUT2D eigenvalue weighted by atomic mass is 32.2. The molecule has 70 valence electrons. The summed E-state index contributed by atoms with van der Waals surface area (Å²) in [6.07, 6.45) is 0. The fourth-order valence-corrected chi connectivity index (χ4v) is 2.23. The van der Waals surface area contributed by atoms with Crippen molar-refractivity contribution in [3.05, 3.63) is 0 Å². The van der Waals surface area contributed by atoms with Gasteiger partial charge in [0.25, 0.3) is 0 Å². The summed E-state index contributed by atoms with van der Waals surface area (Å²) in [5, 5.41) is 3.37. The van der Waals surface area contributed by atoms with Gasteiger partial charge in [-0.1, -0.05) is 0 Å². The van der Waals surface area contributed by atoms with E-state index in [1.807, 2.05) is 14.0 Å². The third kappa shape index (κ3) is 2.38. The molecular formula is C8H16N2OS. The van der Waals surface area contributed by atoms with Gasteiger partial charge in [-0.15, -0.1) is 11.8 Å². The molecule has 3 nitrogen and oxygen atoms in total. The smallest absolute Gasteiger partial charge is 0.236 e. The lowest BCUT2D eigenvalue weighted by Crippen LogP contribution is -2.43. The van der Waals surface area contributed by atoms with Crippen molar-refractivity contribution < 1.29 is 4.79 Å². The molecule has 12 heavy (non-hydrogen) atoms. The highest BCUT2D eigenvalue weighted by Crippen LogP contribution is 2.15. The van der Waals surface area contributed by atoms with Crippen LogP contribution in [0, 0.1) is 0 Å². The van der Waals surface area contributed by atoms with E-state index in [0.717, 1.165) is 25.4 Å². The monoisotopic (exact) mass is 188 g/mol. The van der Waals surface area contributed by atoms with Gasteiger partial charge in [0, 0.05) is 32.4 Å². The van der Waals surface area contributed by atoms with Gasteiger partial charge < -0.3 is 10.2 Å². The van der Waals surface area contributed by atoms with E-state index >= 15 is 0 Å². The highest BCUT2D eigenvalue weighted by molar-refractivity contribution is 8.00. The Kier molecular flexibility index (Phi) is 3.88. The summed E-state index contributed by atoms with van der Waals surface area (Å²) in [6.45, 7) is 4.66. The van der Waals surface area contributed by atoms with Gasteiger partial charge in [0.05, 0.1) is 5.25 Å². The molecule has 0 aromatic rings. The molecule has 0 radical (unpaired) electrons. The van der Waals surface area contributed by atoms with E-state index in [-0.39, 0.29) is 11.2 Å². The second kappa shape index (κ2) is 4.72. The zero-order valence-corrected chi connectivity index (χ0v) is 8.49. The van der Waals surface area contributed by atoms with Crippen molar-refractivity contribution in [3.63, 3.8) is 0 Å². The van der Waals surface area contributed by atoms with E-state index in [1.165, 1.54) is 0 Å². The van der Waals surface area contributed by atoms with Crippen LogP contribution in [0.3, 0.4) is 0 Å². The summed E-state index contributed by atoms with van der Waals surface area (Å²) < 4.78 is 0. The second-order valence-electron chi connectivity index (χ2n) is 2.92. The first-order chi connectivity index (χ1) is 5.75. The molecule has 1 aliphatic rings. The van der Waals surface area contributed by atoms with E-state index in [2.05, 4.69) is 5.32 Å². The molecule has 1 N–H and O–H groups in total. The van der Waals surface area contributed by atoms with Crippen molar-refractivity contribution >= 4 is 17.7 Å². The Morgan fingerprint density at radius 1 is 1.75 bits per heavy atom. The van der Waals surface area contributed by atoms with Crippen LogP contribution in [-0.2, 0) is 4.79 Å². The minimum Gasteiger partial charge on any atom is -0.345 e. The van der Waals surface area contributed by atoms with Gasteiger partial charge in [-0.2, -0.15) is 0 Å². The van der Waals surface area contributed by atoms with Crippen molar-refractivity contribution in [1.82, 2.24) is 10.2 Å². The number of hydrogen-bond donors (Lipinski definition) is 1. The Labute approximate surface area is 77.9 Å². The quantitative estimate of drug-likeness (QED) is 0.670. The first-order valence-corrected chi connectivity index (χ1v) is 5.38. The largest absolute Gasteiger partial charge is 0.345 e. The summed E-state index contributed by atoms with van der Waals surface area (Å²) in [7, 11) is 1.86. The highest BCUT2D eigenvalue weighted by Gasteiger charge is 2.23. The number of amides is 1. The van der Waals surface area contributed by atoms with Gasteiger partial charge in [0.1, 0.15) is 0 Å². The predicted octanol–water partition coefficient (Wildman–Crippen LogP) is 0.170. The molecule has 1 heterocycles. The molecule has 1 unspecified atom stereocenters. The average molecular weight is 188 g/mol. The van der Waals surface area contributed by atoms with Crippen LogP contribution in [0.15, 0.2) is 0 Å². The molecule has 0 aromatic heterocycles. The van der Waals surface area contributed by atoms with Gasteiger partial charge in [0.2, 0.25) is 5.91 Å². The average Bonchev–Trinajstić information content (AvgIpc) is 2.17. The second-order valence-corrected chi connectivity index (χ2v) is 4.23. The lowest BCUT2D eigenvalue weighted by atomic mass is 10.3. The maximum absolute atomic E-state index is 11.6. The van der Waals surface area contributed by atoms with E-state index in [1.54, 1.807) is 16.7 Å². The summed E-state index contributed by atoms with van der Waals surface area (Å²) in [5.74, 6) is 1.31. The number of carbonyl (C=O) groups is 1. The topological polar surface area (TPSA) is 32.3 Å². The van der Waals surface area contributed by atoms with Crippen LogP contribution in [0.4, 0.5) is 0 Å².